The van der Waals surface area contributed by atoms with Crippen LogP contribution in [0.3, 0.4) is 0 Å². The molecular formula is C15H25N3O2S. The molecule has 0 saturated carbocycles. The average Bonchev–Trinajstić information content (AvgIpc) is 2.54. The van der Waals surface area contributed by atoms with Crippen molar-refractivity contribution in [3.63, 3.8) is 0 Å². The number of piperazine rings is 1. The highest BCUT2D eigenvalue weighted by Gasteiger charge is 2.27. The Bertz CT molecular complexity index is 549. The minimum absolute atomic E-state index is 0.217. The van der Waals surface area contributed by atoms with E-state index in [1.54, 1.807) is 16.4 Å². The Hall–Kier alpha value is -0.950. The molecule has 1 aliphatic heterocycles. The van der Waals surface area contributed by atoms with Gasteiger partial charge in [0.25, 0.3) is 0 Å². The summed E-state index contributed by atoms with van der Waals surface area (Å²) in [5, 5.41) is 3.15. The lowest BCUT2D eigenvalue weighted by molar-refractivity contribution is 0.196. The molecule has 1 fully saturated rings. The van der Waals surface area contributed by atoms with Gasteiger partial charge in [-0.1, -0.05) is 19.1 Å². The molecule has 1 saturated heterocycles. The van der Waals surface area contributed by atoms with E-state index in [9.17, 15) is 8.42 Å². The van der Waals surface area contributed by atoms with Crippen molar-refractivity contribution in [2.24, 2.45) is 0 Å². The van der Waals surface area contributed by atoms with Crippen LogP contribution in [0.25, 0.3) is 0 Å². The number of sulfonamides is 1. The van der Waals surface area contributed by atoms with Gasteiger partial charge in [-0.3, -0.25) is 0 Å². The van der Waals surface area contributed by atoms with E-state index in [-0.39, 0.29) is 6.04 Å². The number of nitrogens with zero attached hydrogens (tertiary/aromatic N) is 2. The van der Waals surface area contributed by atoms with Crippen LogP contribution in [0.2, 0.25) is 0 Å². The van der Waals surface area contributed by atoms with Crippen LogP contribution >= 0.6 is 0 Å². The summed E-state index contributed by atoms with van der Waals surface area (Å²) in [5.41, 5.74) is 1.09. The van der Waals surface area contributed by atoms with E-state index in [4.69, 9.17) is 0 Å². The SMILES string of the molecule is CCN1CCN(S(=O)(=O)c2ccc(C(C)NC)cc2)CC1. The maximum atomic E-state index is 12.6. The van der Waals surface area contributed by atoms with Crippen LogP contribution in [-0.4, -0.2) is 57.4 Å². The van der Waals surface area contributed by atoms with Crippen LogP contribution < -0.4 is 5.32 Å². The number of benzene rings is 1. The average molecular weight is 311 g/mol. The molecule has 0 amide bonds. The molecule has 1 atom stereocenters. The molecule has 0 bridgehead atoms. The standard InChI is InChI=1S/C15H25N3O2S/c1-4-17-9-11-18(12-10-17)21(19,20)15-7-5-14(6-8-15)13(2)16-3/h5-8,13,16H,4,9-12H2,1-3H3. The molecule has 1 unspecified atom stereocenters. The van der Waals surface area contributed by atoms with Crippen molar-refractivity contribution in [1.29, 1.82) is 0 Å². The number of hydrogen-bond donors (Lipinski definition) is 1. The third kappa shape index (κ3) is 3.63. The summed E-state index contributed by atoms with van der Waals surface area (Å²) in [7, 11) is -1.47. The second-order valence-electron chi connectivity index (χ2n) is 5.42. The number of nitrogens with one attached hydrogen (secondary N) is 1. The molecule has 1 aromatic carbocycles. The lowest BCUT2D eigenvalue weighted by Crippen LogP contribution is -2.48. The van der Waals surface area contributed by atoms with Crippen molar-refractivity contribution in [2.45, 2.75) is 24.8 Å². The second kappa shape index (κ2) is 6.87. The summed E-state index contributed by atoms with van der Waals surface area (Å²) >= 11 is 0. The summed E-state index contributed by atoms with van der Waals surface area (Å²) in [6.45, 7) is 7.90. The zero-order valence-electron chi connectivity index (χ0n) is 13.0. The molecule has 6 heteroatoms. The lowest BCUT2D eigenvalue weighted by atomic mass is 10.1. The van der Waals surface area contributed by atoms with Gasteiger partial charge in [0.1, 0.15) is 0 Å². The topological polar surface area (TPSA) is 52.7 Å². The largest absolute Gasteiger partial charge is 0.313 e. The Labute approximate surface area is 128 Å². The maximum absolute atomic E-state index is 12.6. The van der Waals surface area contributed by atoms with E-state index in [1.165, 1.54) is 0 Å². The molecule has 1 heterocycles. The van der Waals surface area contributed by atoms with Crippen LogP contribution in [-0.2, 0) is 10.0 Å². The Balaban J connectivity index is 2.13. The van der Waals surface area contributed by atoms with Crippen molar-refractivity contribution in [2.75, 3.05) is 39.8 Å². The normalized spacial score (nSPS) is 19.6. The van der Waals surface area contributed by atoms with Gasteiger partial charge in [-0.25, -0.2) is 8.42 Å². The third-order valence-corrected chi connectivity index (χ3v) is 6.14. The molecule has 1 aliphatic rings. The molecule has 21 heavy (non-hydrogen) atoms. The van der Waals surface area contributed by atoms with E-state index < -0.39 is 10.0 Å². The van der Waals surface area contributed by atoms with Gasteiger partial charge in [0.2, 0.25) is 10.0 Å². The first-order valence-corrected chi connectivity index (χ1v) is 8.92. The van der Waals surface area contributed by atoms with Crippen molar-refractivity contribution in [3.8, 4) is 0 Å². The summed E-state index contributed by atoms with van der Waals surface area (Å²) in [5.74, 6) is 0. The van der Waals surface area contributed by atoms with Gasteiger partial charge in [0.05, 0.1) is 4.90 Å². The third-order valence-electron chi connectivity index (χ3n) is 4.23. The highest BCUT2D eigenvalue weighted by molar-refractivity contribution is 7.89. The van der Waals surface area contributed by atoms with Crippen LogP contribution in [0.5, 0.6) is 0 Å². The number of rotatable bonds is 5. The Morgan fingerprint density at radius 1 is 1.14 bits per heavy atom. The van der Waals surface area contributed by atoms with Crippen molar-refractivity contribution in [3.05, 3.63) is 29.8 Å². The highest BCUT2D eigenvalue weighted by atomic mass is 32.2. The van der Waals surface area contributed by atoms with Gasteiger partial charge in [0, 0.05) is 32.2 Å². The Kier molecular flexibility index (Phi) is 5.37. The van der Waals surface area contributed by atoms with E-state index in [0.29, 0.717) is 18.0 Å². The molecule has 0 radical (unpaired) electrons. The second-order valence-corrected chi connectivity index (χ2v) is 7.36. The molecule has 5 nitrogen and oxygen atoms in total. The molecular weight excluding hydrogens is 286 g/mol. The monoisotopic (exact) mass is 311 g/mol. The zero-order valence-corrected chi connectivity index (χ0v) is 13.9. The predicted molar refractivity (Wildman–Crippen MR) is 84.8 cm³/mol. The van der Waals surface area contributed by atoms with Crippen LogP contribution in [0.15, 0.2) is 29.2 Å². The summed E-state index contributed by atoms with van der Waals surface area (Å²) in [4.78, 5) is 2.66. The summed E-state index contributed by atoms with van der Waals surface area (Å²) < 4.78 is 26.8. The Morgan fingerprint density at radius 2 is 1.71 bits per heavy atom. The molecule has 0 aliphatic carbocycles. The van der Waals surface area contributed by atoms with Gasteiger partial charge in [0.15, 0.2) is 0 Å². The fraction of sp³-hybridized carbons (Fsp3) is 0.600. The maximum Gasteiger partial charge on any atom is 0.243 e. The lowest BCUT2D eigenvalue weighted by Gasteiger charge is -2.33. The quantitative estimate of drug-likeness (QED) is 0.890. The van der Waals surface area contributed by atoms with E-state index in [2.05, 4.69) is 17.1 Å². The first kappa shape index (κ1) is 16.4. The van der Waals surface area contributed by atoms with E-state index in [0.717, 1.165) is 25.2 Å². The summed E-state index contributed by atoms with van der Waals surface area (Å²) in [6, 6.07) is 7.41. The minimum atomic E-state index is -3.36. The minimum Gasteiger partial charge on any atom is -0.313 e. The first-order valence-electron chi connectivity index (χ1n) is 7.48. The smallest absolute Gasteiger partial charge is 0.243 e. The highest BCUT2D eigenvalue weighted by Crippen LogP contribution is 2.20. The molecule has 2 rings (SSSR count). The molecule has 1 aromatic rings. The van der Waals surface area contributed by atoms with Gasteiger partial charge in [-0.15, -0.1) is 0 Å². The van der Waals surface area contributed by atoms with Crippen LogP contribution in [0.4, 0.5) is 0 Å². The van der Waals surface area contributed by atoms with Gasteiger partial charge < -0.3 is 10.2 Å². The van der Waals surface area contributed by atoms with Gasteiger partial charge >= 0.3 is 0 Å². The fourth-order valence-electron chi connectivity index (χ4n) is 2.53. The summed E-state index contributed by atoms with van der Waals surface area (Å²) in [6.07, 6.45) is 0. The number of hydrogen-bond acceptors (Lipinski definition) is 4. The molecule has 0 spiro atoms. The van der Waals surface area contributed by atoms with E-state index in [1.807, 2.05) is 26.1 Å². The van der Waals surface area contributed by atoms with Crippen LogP contribution in [0, 0.1) is 0 Å². The van der Waals surface area contributed by atoms with Gasteiger partial charge in [-0.2, -0.15) is 4.31 Å². The van der Waals surface area contributed by atoms with Crippen molar-refractivity contribution >= 4 is 10.0 Å². The predicted octanol–water partition coefficient (Wildman–Crippen LogP) is 1.29. The van der Waals surface area contributed by atoms with Crippen molar-refractivity contribution in [1.82, 2.24) is 14.5 Å². The number of likely N-dealkylation sites (N-methyl/N-ethyl adjacent to an activating group) is 1. The van der Waals surface area contributed by atoms with Crippen molar-refractivity contribution < 1.29 is 8.42 Å². The first-order chi connectivity index (χ1) is 9.98. The van der Waals surface area contributed by atoms with Crippen LogP contribution in [0.1, 0.15) is 25.5 Å². The van der Waals surface area contributed by atoms with Gasteiger partial charge in [-0.05, 0) is 38.2 Å². The zero-order chi connectivity index (χ0) is 15.5. The molecule has 0 aromatic heterocycles. The molecule has 1 N–H and O–H groups in total. The Morgan fingerprint density at radius 3 is 2.19 bits per heavy atom. The molecule has 118 valence electrons. The fourth-order valence-corrected chi connectivity index (χ4v) is 3.95. The van der Waals surface area contributed by atoms with E-state index >= 15 is 0 Å².